The van der Waals surface area contributed by atoms with E-state index in [4.69, 9.17) is 14.5 Å². The molecule has 0 saturated carbocycles. The van der Waals surface area contributed by atoms with Crippen LogP contribution in [0.2, 0.25) is 0 Å². The first-order valence-corrected chi connectivity index (χ1v) is 8.84. The number of aromatic nitrogens is 4. The Morgan fingerprint density at radius 1 is 1.00 bits per heavy atom. The second kappa shape index (κ2) is 6.41. The maximum Gasteiger partial charge on any atom is 0.231 e. The molecule has 140 valence electrons. The van der Waals surface area contributed by atoms with Gasteiger partial charge in [-0.1, -0.05) is 18.2 Å². The monoisotopic (exact) mass is 374 g/mol. The van der Waals surface area contributed by atoms with Crippen molar-refractivity contribution in [3.63, 3.8) is 0 Å². The molecule has 5 rings (SSSR count). The zero-order valence-corrected chi connectivity index (χ0v) is 15.5. The summed E-state index contributed by atoms with van der Waals surface area (Å²) in [6.45, 7) is 0.241. The van der Waals surface area contributed by atoms with Gasteiger partial charge in [0, 0.05) is 25.8 Å². The van der Waals surface area contributed by atoms with Gasteiger partial charge in [-0.05, 0) is 24.3 Å². The van der Waals surface area contributed by atoms with E-state index < -0.39 is 0 Å². The summed E-state index contributed by atoms with van der Waals surface area (Å²) >= 11 is 0. The Morgan fingerprint density at radius 2 is 1.82 bits per heavy atom. The van der Waals surface area contributed by atoms with Gasteiger partial charge in [0.2, 0.25) is 12.7 Å². The van der Waals surface area contributed by atoms with Gasteiger partial charge in [-0.2, -0.15) is 15.1 Å². The molecule has 8 nitrogen and oxygen atoms in total. The van der Waals surface area contributed by atoms with Crippen LogP contribution >= 0.6 is 0 Å². The maximum atomic E-state index is 5.47. The lowest BCUT2D eigenvalue weighted by Gasteiger charge is -2.14. The van der Waals surface area contributed by atoms with E-state index in [2.05, 4.69) is 15.4 Å². The molecule has 0 amide bonds. The van der Waals surface area contributed by atoms with Crippen molar-refractivity contribution in [3.8, 4) is 17.2 Å². The minimum Gasteiger partial charge on any atom is -0.454 e. The first-order chi connectivity index (χ1) is 13.7. The largest absolute Gasteiger partial charge is 0.454 e. The zero-order chi connectivity index (χ0) is 19.1. The summed E-state index contributed by atoms with van der Waals surface area (Å²) in [6.07, 6.45) is 1.77. The molecule has 1 aliphatic rings. The molecule has 8 heteroatoms. The van der Waals surface area contributed by atoms with Crippen molar-refractivity contribution < 1.29 is 9.47 Å². The van der Waals surface area contributed by atoms with Crippen LogP contribution in [0.15, 0.2) is 54.7 Å². The van der Waals surface area contributed by atoms with E-state index in [0.717, 1.165) is 28.2 Å². The molecule has 3 heterocycles. The van der Waals surface area contributed by atoms with Crippen LogP contribution in [0.1, 0.15) is 0 Å². The Morgan fingerprint density at radius 3 is 2.64 bits per heavy atom. The predicted octanol–water partition coefficient (Wildman–Crippen LogP) is 3.35. The topological polar surface area (TPSA) is 77.3 Å². The Hall–Kier alpha value is -3.81. The number of anilines is 3. The summed E-state index contributed by atoms with van der Waals surface area (Å²) < 4.78 is 12.7. The first-order valence-electron chi connectivity index (χ1n) is 8.84. The lowest BCUT2D eigenvalue weighted by Crippen LogP contribution is -2.14. The molecule has 4 aromatic rings. The normalized spacial score (nSPS) is 12.4. The lowest BCUT2D eigenvalue weighted by atomic mass is 10.2. The molecule has 2 aromatic carbocycles. The smallest absolute Gasteiger partial charge is 0.231 e. The molecule has 0 spiro atoms. The highest BCUT2D eigenvalue weighted by molar-refractivity contribution is 5.90. The SMILES string of the molecule is CN(C)c1nc(Nc2ccc3c(c2)OCO3)c2cnn(-c3ccccc3)c2n1. The van der Waals surface area contributed by atoms with Crippen LogP contribution in [0, 0.1) is 0 Å². The zero-order valence-electron chi connectivity index (χ0n) is 15.5. The van der Waals surface area contributed by atoms with Crippen molar-refractivity contribution in [1.82, 2.24) is 19.7 Å². The first kappa shape index (κ1) is 16.4. The van der Waals surface area contributed by atoms with Gasteiger partial charge in [-0.3, -0.25) is 0 Å². The fraction of sp³-hybridized carbons (Fsp3) is 0.150. The summed E-state index contributed by atoms with van der Waals surface area (Å²) in [4.78, 5) is 11.2. The Bertz CT molecular complexity index is 1160. The second-order valence-electron chi connectivity index (χ2n) is 6.59. The summed E-state index contributed by atoms with van der Waals surface area (Å²) in [7, 11) is 3.82. The molecule has 1 aliphatic heterocycles. The van der Waals surface area contributed by atoms with E-state index in [1.165, 1.54) is 0 Å². The standard InChI is InChI=1S/C20H18N6O2/c1-25(2)20-23-18(22-13-8-9-16-17(10-13)28-12-27-16)15-11-21-26(19(15)24-20)14-6-4-3-5-7-14/h3-11H,12H2,1-2H3,(H,22,23,24). The summed E-state index contributed by atoms with van der Waals surface area (Å²) in [5.41, 5.74) is 2.52. The molecular formula is C20H18N6O2. The van der Waals surface area contributed by atoms with E-state index in [0.29, 0.717) is 17.5 Å². The van der Waals surface area contributed by atoms with Crippen LogP contribution in [0.5, 0.6) is 11.5 Å². The van der Waals surface area contributed by atoms with Crippen LogP contribution in [-0.2, 0) is 0 Å². The lowest BCUT2D eigenvalue weighted by molar-refractivity contribution is 0.174. The molecule has 0 fully saturated rings. The fourth-order valence-electron chi connectivity index (χ4n) is 3.06. The van der Waals surface area contributed by atoms with Crippen molar-refractivity contribution in [2.45, 2.75) is 0 Å². The third-order valence-corrected chi connectivity index (χ3v) is 4.45. The predicted molar refractivity (Wildman–Crippen MR) is 107 cm³/mol. The van der Waals surface area contributed by atoms with Crippen molar-refractivity contribution in [2.75, 3.05) is 31.1 Å². The van der Waals surface area contributed by atoms with Crippen molar-refractivity contribution in [3.05, 3.63) is 54.7 Å². The average Bonchev–Trinajstić information content (AvgIpc) is 3.35. The van der Waals surface area contributed by atoms with Gasteiger partial charge in [0.1, 0.15) is 5.82 Å². The number of ether oxygens (including phenoxy) is 2. The summed E-state index contributed by atoms with van der Waals surface area (Å²) in [6, 6.07) is 15.6. The third-order valence-electron chi connectivity index (χ3n) is 4.45. The van der Waals surface area contributed by atoms with Crippen molar-refractivity contribution in [2.24, 2.45) is 0 Å². The van der Waals surface area contributed by atoms with Gasteiger partial charge in [0.05, 0.1) is 17.3 Å². The quantitative estimate of drug-likeness (QED) is 0.587. The molecule has 2 aromatic heterocycles. The van der Waals surface area contributed by atoms with Gasteiger partial charge < -0.3 is 19.7 Å². The number of fused-ring (bicyclic) bond motifs is 2. The molecule has 0 radical (unpaired) electrons. The van der Waals surface area contributed by atoms with Gasteiger partial charge in [0.15, 0.2) is 17.1 Å². The molecular weight excluding hydrogens is 356 g/mol. The Labute approximate surface area is 161 Å². The highest BCUT2D eigenvalue weighted by atomic mass is 16.7. The van der Waals surface area contributed by atoms with Crippen LogP contribution in [-0.4, -0.2) is 40.6 Å². The van der Waals surface area contributed by atoms with Crippen LogP contribution in [0.4, 0.5) is 17.5 Å². The Balaban J connectivity index is 1.62. The molecule has 0 unspecified atom stereocenters. The molecule has 0 atom stereocenters. The van der Waals surface area contributed by atoms with Crippen molar-refractivity contribution >= 4 is 28.5 Å². The Kier molecular flexibility index (Phi) is 3.75. The van der Waals surface area contributed by atoms with E-state index in [1.54, 1.807) is 6.20 Å². The van der Waals surface area contributed by atoms with E-state index in [9.17, 15) is 0 Å². The van der Waals surface area contributed by atoms with Gasteiger partial charge >= 0.3 is 0 Å². The van der Waals surface area contributed by atoms with E-state index in [1.807, 2.05) is 72.2 Å². The second-order valence-corrected chi connectivity index (χ2v) is 6.59. The molecule has 0 saturated heterocycles. The highest BCUT2D eigenvalue weighted by Gasteiger charge is 2.17. The minimum atomic E-state index is 0.241. The number of nitrogens with one attached hydrogen (secondary N) is 1. The number of hydrogen-bond donors (Lipinski definition) is 1. The van der Waals surface area contributed by atoms with Crippen LogP contribution in [0.3, 0.4) is 0 Å². The number of hydrogen-bond acceptors (Lipinski definition) is 7. The fourth-order valence-corrected chi connectivity index (χ4v) is 3.06. The van der Waals surface area contributed by atoms with E-state index in [-0.39, 0.29) is 6.79 Å². The van der Waals surface area contributed by atoms with E-state index >= 15 is 0 Å². The third kappa shape index (κ3) is 2.75. The summed E-state index contributed by atoms with van der Waals surface area (Å²) in [5, 5.41) is 8.73. The molecule has 0 bridgehead atoms. The maximum absolute atomic E-state index is 5.47. The highest BCUT2D eigenvalue weighted by Crippen LogP contribution is 2.36. The van der Waals surface area contributed by atoms with Gasteiger partial charge in [-0.25, -0.2) is 4.68 Å². The minimum absolute atomic E-state index is 0.241. The van der Waals surface area contributed by atoms with Gasteiger partial charge in [0.25, 0.3) is 0 Å². The number of nitrogens with zero attached hydrogens (tertiary/aromatic N) is 5. The van der Waals surface area contributed by atoms with Crippen molar-refractivity contribution in [1.29, 1.82) is 0 Å². The average molecular weight is 374 g/mol. The number of benzene rings is 2. The summed E-state index contributed by atoms with van der Waals surface area (Å²) in [5.74, 6) is 2.72. The molecule has 1 N–H and O–H groups in total. The van der Waals surface area contributed by atoms with Crippen LogP contribution < -0.4 is 19.7 Å². The van der Waals surface area contributed by atoms with Gasteiger partial charge in [-0.15, -0.1) is 0 Å². The number of para-hydroxylation sites is 1. The molecule has 28 heavy (non-hydrogen) atoms. The molecule has 0 aliphatic carbocycles. The number of rotatable bonds is 4. The van der Waals surface area contributed by atoms with Crippen LogP contribution in [0.25, 0.3) is 16.7 Å².